The first-order valence-corrected chi connectivity index (χ1v) is 13.2. The summed E-state index contributed by atoms with van der Waals surface area (Å²) in [6, 6.07) is 0. The molecule has 1 heterocycles. The van der Waals surface area contributed by atoms with E-state index in [1.807, 2.05) is 0 Å². The van der Waals surface area contributed by atoms with E-state index in [0.29, 0.717) is 60.2 Å². The van der Waals surface area contributed by atoms with Crippen LogP contribution in [0.2, 0.25) is 0 Å². The van der Waals surface area contributed by atoms with Gasteiger partial charge in [-0.3, -0.25) is 4.79 Å². The second-order valence-corrected chi connectivity index (χ2v) is 13.0. The average Bonchev–Trinajstić information content (AvgIpc) is 3.07. The molecule has 5 aliphatic rings. The zero-order chi connectivity index (χ0) is 22.5. The van der Waals surface area contributed by atoms with Gasteiger partial charge < -0.3 is 19.1 Å². The van der Waals surface area contributed by atoms with Gasteiger partial charge in [0.05, 0.1) is 18.8 Å². The number of ether oxygens (including phenoxy) is 2. The molecule has 1 aromatic rings. The Kier molecular flexibility index (Phi) is 6.13. The van der Waals surface area contributed by atoms with Gasteiger partial charge in [-0.15, -0.1) is 11.8 Å². The lowest BCUT2D eigenvalue weighted by Crippen LogP contribution is -2.54. The number of carbonyl (C=O) groups excluding carboxylic acids is 1. The highest BCUT2D eigenvalue weighted by Crippen LogP contribution is 2.59. The van der Waals surface area contributed by atoms with E-state index in [-0.39, 0.29) is 11.2 Å². The van der Waals surface area contributed by atoms with Gasteiger partial charge in [-0.25, -0.2) is 0 Å². The molecule has 6 rings (SSSR count). The number of methoxy groups -OCH3 is 1. The molecule has 0 radical (unpaired) electrons. The van der Waals surface area contributed by atoms with Gasteiger partial charge >= 0.3 is 0 Å². The predicted molar refractivity (Wildman–Crippen MR) is 122 cm³/mol. The number of hydrogen-bond acceptors (Lipinski definition) is 7. The van der Waals surface area contributed by atoms with Crippen LogP contribution in [0.3, 0.4) is 0 Å². The van der Waals surface area contributed by atoms with Crippen molar-refractivity contribution in [1.29, 1.82) is 0 Å². The van der Waals surface area contributed by atoms with Crippen LogP contribution in [-0.2, 0) is 4.74 Å². The van der Waals surface area contributed by atoms with Gasteiger partial charge in [-0.05, 0) is 73.8 Å². The summed E-state index contributed by atoms with van der Waals surface area (Å²) in [5.41, 5.74) is -0.625. The van der Waals surface area contributed by atoms with Gasteiger partial charge in [0.15, 0.2) is 0 Å². The molecule has 2 atom stereocenters. The molecule has 6 nitrogen and oxygen atoms in total. The third-order valence-corrected chi connectivity index (χ3v) is 9.60. The van der Waals surface area contributed by atoms with E-state index >= 15 is 0 Å². The quantitative estimate of drug-likeness (QED) is 0.482. The molecular weight excluding hydrogens is 426 g/mol. The molecule has 2 unspecified atom stereocenters. The van der Waals surface area contributed by atoms with Gasteiger partial charge in [0.2, 0.25) is 11.5 Å². The van der Waals surface area contributed by atoms with Crippen molar-refractivity contribution in [3.63, 3.8) is 0 Å². The molecule has 32 heavy (non-hydrogen) atoms. The molecule has 0 amide bonds. The van der Waals surface area contributed by atoms with E-state index < -0.39 is 5.60 Å². The summed E-state index contributed by atoms with van der Waals surface area (Å²) in [6.45, 7) is 5.20. The molecule has 178 valence electrons. The predicted octanol–water partition coefficient (Wildman–Crippen LogP) is 5.13. The molecule has 1 N–H and O–H groups in total. The fourth-order valence-electron chi connectivity index (χ4n) is 6.72. The smallest absolute Gasteiger partial charge is 0.268 e. The van der Waals surface area contributed by atoms with E-state index in [4.69, 9.17) is 14.0 Å². The van der Waals surface area contributed by atoms with Gasteiger partial charge in [0, 0.05) is 24.2 Å². The molecule has 1 aromatic heterocycles. The van der Waals surface area contributed by atoms with Gasteiger partial charge in [0.25, 0.3) is 5.88 Å². The Bertz CT molecular complexity index is 831. The van der Waals surface area contributed by atoms with Crippen LogP contribution in [0.5, 0.6) is 5.88 Å². The molecule has 5 saturated carbocycles. The second kappa shape index (κ2) is 8.62. The summed E-state index contributed by atoms with van der Waals surface area (Å²) in [5, 5.41) is 15.6. The van der Waals surface area contributed by atoms with E-state index in [1.165, 1.54) is 19.3 Å². The number of rotatable bonds is 10. The maximum absolute atomic E-state index is 13.5. The van der Waals surface area contributed by atoms with Crippen LogP contribution < -0.4 is 4.74 Å². The summed E-state index contributed by atoms with van der Waals surface area (Å²) in [4.78, 5) is 14.2. The van der Waals surface area contributed by atoms with Crippen LogP contribution >= 0.6 is 11.8 Å². The summed E-state index contributed by atoms with van der Waals surface area (Å²) in [5.74, 6) is 2.82. The minimum Gasteiger partial charge on any atom is -0.474 e. The molecule has 5 aliphatic carbocycles. The van der Waals surface area contributed by atoms with Crippen LogP contribution in [-0.4, -0.2) is 47.2 Å². The van der Waals surface area contributed by atoms with Crippen molar-refractivity contribution in [3.8, 4) is 5.88 Å². The largest absolute Gasteiger partial charge is 0.474 e. The second-order valence-electron chi connectivity index (χ2n) is 11.7. The van der Waals surface area contributed by atoms with Crippen LogP contribution in [0.15, 0.2) is 9.42 Å². The number of thioether (sulfide) groups is 1. The third kappa shape index (κ3) is 4.49. The molecule has 4 bridgehead atoms. The number of hydrogen-bond donors (Lipinski definition) is 1. The molecule has 0 spiro atoms. The zero-order valence-electron chi connectivity index (χ0n) is 19.6. The first-order valence-electron chi connectivity index (χ1n) is 12.3. The number of nitrogens with zero attached hydrogens (tertiary/aromatic N) is 1. The van der Waals surface area contributed by atoms with E-state index in [0.717, 1.165) is 37.0 Å². The molecule has 0 aromatic carbocycles. The third-order valence-electron chi connectivity index (χ3n) is 8.20. The molecular formula is C25H37NO5S. The van der Waals surface area contributed by atoms with Crippen LogP contribution in [0, 0.1) is 29.1 Å². The van der Waals surface area contributed by atoms with Crippen molar-refractivity contribution >= 4 is 17.5 Å². The van der Waals surface area contributed by atoms with Crippen molar-refractivity contribution < 1.29 is 23.9 Å². The van der Waals surface area contributed by atoms with E-state index in [9.17, 15) is 9.90 Å². The fraction of sp³-hybridized carbons (Fsp3) is 0.840. The number of carbonyl (C=O) groups is 1. The SMILES string of the molecule is COCC(C)(C)COc1noc(C(=O)CC2C3CC4CC2CC(O)(C4)C3)c1SC1CCC1. The van der Waals surface area contributed by atoms with Crippen molar-refractivity contribution in [2.45, 2.75) is 87.4 Å². The summed E-state index contributed by atoms with van der Waals surface area (Å²) in [6.07, 6.45) is 9.07. The summed E-state index contributed by atoms with van der Waals surface area (Å²) in [7, 11) is 1.69. The normalized spacial score (nSPS) is 34.0. The van der Waals surface area contributed by atoms with Gasteiger partial charge in [-0.2, -0.15) is 0 Å². The average molecular weight is 464 g/mol. The number of Topliss-reactive ketones (excluding diaryl/α,β-unsaturated/α-hetero) is 1. The first-order chi connectivity index (χ1) is 15.3. The van der Waals surface area contributed by atoms with Crippen molar-refractivity contribution in [3.05, 3.63) is 5.76 Å². The molecule has 7 heteroatoms. The Balaban J connectivity index is 1.31. The van der Waals surface area contributed by atoms with E-state index in [1.54, 1.807) is 18.9 Å². The van der Waals surface area contributed by atoms with Crippen molar-refractivity contribution in [2.24, 2.45) is 29.1 Å². The zero-order valence-corrected chi connectivity index (χ0v) is 20.4. The summed E-state index contributed by atoms with van der Waals surface area (Å²) < 4.78 is 17.0. The van der Waals surface area contributed by atoms with Crippen LogP contribution in [0.25, 0.3) is 0 Å². The highest BCUT2D eigenvalue weighted by atomic mass is 32.2. The van der Waals surface area contributed by atoms with Crippen LogP contribution in [0.4, 0.5) is 0 Å². The first kappa shape index (κ1) is 22.7. The lowest BCUT2D eigenvalue weighted by molar-refractivity contribution is -0.151. The molecule has 5 fully saturated rings. The lowest BCUT2D eigenvalue weighted by atomic mass is 9.49. The number of aliphatic hydroxyl groups is 1. The number of aromatic nitrogens is 1. The Morgan fingerprint density at radius 1 is 1.22 bits per heavy atom. The lowest BCUT2D eigenvalue weighted by Gasteiger charge is -2.58. The Hall–Kier alpha value is -1.05. The topological polar surface area (TPSA) is 81.8 Å². The maximum atomic E-state index is 13.5. The summed E-state index contributed by atoms with van der Waals surface area (Å²) >= 11 is 1.70. The standard InChI is InChI=1S/C25H37NO5S/c1-24(2,13-29-3)14-30-23-22(32-18-5-4-6-18)21(31-26-23)20(27)9-19-16-7-15-8-17(19)12-25(28,10-15)11-16/h15-19,28H,4-14H2,1-3H3. The fourth-order valence-corrected chi connectivity index (χ4v) is 8.08. The van der Waals surface area contributed by atoms with Gasteiger partial charge in [0.1, 0.15) is 4.90 Å². The monoisotopic (exact) mass is 463 g/mol. The Morgan fingerprint density at radius 2 is 1.94 bits per heavy atom. The van der Waals surface area contributed by atoms with Crippen LogP contribution in [0.1, 0.15) is 82.2 Å². The highest BCUT2D eigenvalue weighted by molar-refractivity contribution is 8.00. The highest BCUT2D eigenvalue weighted by Gasteiger charge is 2.55. The molecule has 0 aliphatic heterocycles. The molecule has 0 saturated heterocycles. The van der Waals surface area contributed by atoms with Gasteiger partial charge in [-0.1, -0.05) is 20.3 Å². The van der Waals surface area contributed by atoms with E-state index in [2.05, 4.69) is 19.0 Å². The number of ketones is 1. The Morgan fingerprint density at radius 3 is 2.53 bits per heavy atom. The minimum absolute atomic E-state index is 0.0507. The maximum Gasteiger partial charge on any atom is 0.268 e. The van der Waals surface area contributed by atoms with Crippen molar-refractivity contribution in [2.75, 3.05) is 20.3 Å². The van der Waals surface area contributed by atoms with Crippen molar-refractivity contribution in [1.82, 2.24) is 5.16 Å². The minimum atomic E-state index is -0.469. The Labute approximate surface area is 195 Å².